The van der Waals surface area contributed by atoms with Gasteiger partial charge in [0.25, 0.3) is 0 Å². The highest BCUT2D eigenvalue weighted by Gasteiger charge is 1.98. The lowest BCUT2D eigenvalue weighted by molar-refractivity contribution is -0.139. The number of hydrogen-bond acceptors (Lipinski definition) is 3. The zero-order chi connectivity index (χ0) is 9.98. The quantitative estimate of drug-likeness (QED) is 0.622. The standard InChI is InChI=1S/C4H6O3.C4H10O/c1-3(5)2-4(6)7;1-2-3-4-5/h2H2,1H3,(H,6,7);5H,2-4H2,1H3. The molecule has 0 amide bonds. The third-order valence-corrected chi connectivity index (χ3v) is 0.912. The van der Waals surface area contributed by atoms with Crippen molar-refractivity contribution >= 4 is 11.8 Å². The average molecular weight is 176 g/mol. The van der Waals surface area contributed by atoms with Crippen molar-refractivity contribution in [3.63, 3.8) is 0 Å². The Balaban J connectivity index is 0. The number of unbranched alkanes of at least 4 members (excludes halogenated alkanes) is 1. The molecule has 12 heavy (non-hydrogen) atoms. The van der Waals surface area contributed by atoms with Gasteiger partial charge in [0, 0.05) is 6.61 Å². The number of carboxylic acid groups (broad SMARTS) is 1. The fraction of sp³-hybridized carbons (Fsp3) is 0.750. The molecule has 0 radical (unpaired) electrons. The second-order valence-corrected chi connectivity index (χ2v) is 2.35. The Morgan fingerprint density at radius 1 is 1.33 bits per heavy atom. The summed E-state index contributed by atoms with van der Waals surface area (Å²) in [4.78, 5) is 19.5. The van der Waals surface area contributed by atoms with Crippen LogP contribution < -0.4 is 0 Å². The molecule has 0 aliphatic carbocycles. The molecule has 0 spiro atoms. The molecule has 0 saturated carbocycles. The Morgan fingerprint density at radius 2 is 1.83 bits per heavy atom. The molecule has 0 aromatic rings. The predicted molar refractivity (Wildman–Crippen MR) is 44.9 cm³/mol. The topological polar surface area (TPSA) is 74.6 Å². The van der Waals surface area contributed by atoms with E-state index in [1.807, 2.05) is 0 Å². The zero-order valence-corrected chi connectivity index (χ0v) is 7.54. The van der Waals surface area contributed by atoms with Crippen LogP contribution in [0.3, 0.4) is 0 Å². The molecule has 0 aromatic heterocycles. The molecule has 0 unspecified atom stereocenters. The van der Waals surface area contributed by atoms with E-state index in [9.17, 15) is 9.59 Å². The van der Waals surface area contributed by atoms with Crippen LogP contribution in [-0.4, -0.2) is 28.6 Å². The maximum atomic E-state index is 9.87. The summed E-state index contributed by atoms with van der Waals surface area (Å²) in [6, 6.07) is 0. The number of ketones is 1. The monoisotopic (exact) mass is 176 g/mol. The van der Waals surface area contributed by atoms with Crippen molar-refractivity contribution in [3.8, 4) is 0 Å². The molecule has 0 aromatic carbocycles. The first kappa shape index (κ1) is 13.7. The van der Waals surface area contributed by atoms with Gasteiger partial charge in [-0.25, -0.2) is 0 Å². The van der Waals surface area contributed by atoms with E-state index >= 15 is 0 Å². The highest BCUT2D eigenvalue weighted by molar-refractivity contribution is 5.93. The smallest absolute Gasteiger partial charge is 0.310 e. The van der Waals surface area contributed by atoms with Gasteiger partial charge in [-0.05, 0) is 13.3 Å². The lowest BCUT2D eigenvalue weighted by Gasteiger charge is -1.80. The zero-order valence-electron chi connectivity index (χ0n) is 7.54. The second kappa shape index (κ2) is 10.1. The number of carboxylic acids is 1. The fourth-order valence-electron chi connectivity index (χ4n) is 0.371. The molecule has 0 aliphatic heterocycles. The Hall–Kier alpha value is -0.900. The van der Waals surface area contributed by atoms with Crippen molar-refractivity contribution in [1.29, 1.82) is 0 Å². The van der Waals surface area contributed by atoms with Crippen LogP contribution in [0.5, 0.6) is 0 Å². The number of Topliss-reactive ketones (excluding diaryl/α,β-unsaturated/α-hetero) is 1. The van der Waals surface area contributed by atoms with Gasteiger partial charge < -0.3 is 10.2 Å². The van der Waals surface area contributed by atoms with Gasteiger partial charge in [-0.1, -0.05) is 13.3 Å². The van der Waals surface area contributed by atoms with Crippen molar-refractivity contribution in [2.45, 2.75) is 33.1 Å². The summed E-state index contributed by atoms with van der Waals surface area (Å²) in [6.45, 7) is 3.64. The Labute approximate surface area is 72.2 Å². The van der Waals surface area contributed by atoms with Crippen LogP contribution in [0.1, 0.15) is 33.1 Å². The molecule has 0 fully saturated rings. The number of hydrogen-bond donors (Lipinski definition) is 2. The van der Waals surface area contributed by atoms with Gasteiger partial charge in [-0.15, -0.1) is 0 Å². The van der Waals surface area contributed by atoms with Crippen LogP contribution >= 0.6 is 0 Å². The van der Waals surface area contributed by atoms with Gasteiger partial charge in [-0.2, -0.15) is 0 Å². The van der Waals surface area contributed by atoms with E-state index in [4.69, 9.17) is 10.2 Å². The maximum absolute atomic E-state index is 9.87. The van der Waals surface area contributed by atoms with Crippen molar-refractivity contribution in [2.24, 2.45) is 0 Å². The molecule has 0 atom stereocenters. The highest BCUT2D eigenvalue weighted by Crippen LogP contribution is 1.79. The first-order valence-corrected chi connectivity index (χ1v) is 3.86. The molecule has 0 heterocycles. The van der Waals surface area contributed by atoms with E-state index in [-0.39, 0.29) is 12.2 Å². The molecule has 4 heteroatoms. The van der Waals surface area contributed by atoms with Gasteiger partial charge in [-0.3, -0.25) is 9.59 Å². The summed E-state index contributed by atoms with van der Waals surface area (Å²) in [6.07, 6.45) is 1.68. The van der Waals surface area contributed by atoms with Gasteiger partial charge in [0.15, 0.2) is 0 Å². The van der Waals surface area contributed by atoms with Gasteiger partial charge >= 0.3 is 5.97 Å². The van der Waals surface area contributed by atoms with Crippen LogP contribution in [0.15, 0.2) is 0 Å². The molecule has 2 N–H and O–H groups in total. The van der Waals surface area contributed by atoms with Crippen LogP contribution in [0.25, 0.3) is 0 Å². The number of aliphatic hydroxyl groups is 1. The molecule has 0 aliphatic rings. The molecular weight excluding hydrogens is 160 g/mol. The van der Waals surface area contributed by atoms with Gasteiger partial charge in [0.1, 0.15) is 12.2 Å². The normalized spacial score (nSPS) is 8.25. The minimum Gasteiger partial charge on any atom is -0.481 e. The second-order valence-electron chi connectivity index (χ2n) is 2.35. The van der Waals surface area contributed by atoms with E-state index in [1.54, 1.807) is 0 Å². The molecule has 0 rings (SSSR count). The van der Waals surface area contributed by atoms with E-state index in [2.05, 4.69) is 6.92 Å². The van der Waals surface area contributed by atoms with E-state index in [1.165, 1.54) is 6.92 Å². The van der Waals surface area contributed by atoms with E-state index < -0.39 is 5.97 Å². The summed E-state index contributed by atoms with van der Waals surface area (Å²) in [5.74, 6) is -1.37. The summed E-state index contributed by atoms with van der Waals surface area (Å²) in [7, 11) is 0. The number of aliphatic carboxylic acids is 1. The SMILES string of the molecule is CC(=O)CC(=O)O.CCCCO. The largest absolute Gasteiger partial charge is 0.481 e. The Bertz CT molecular complexity index is 117. The highest BCUT2D eigenvalue weighted by atomic mass is 16.4. The number of rotatable bonds is 4. The Kier molecular flexibility index (Phi) is 11.5. The van der Waals surface area contributed by atoms with E-state index in [0.717, 1.165) is 12.8 Å². The summed E-state index contributed by atoms with van der Waals surface area (Å²) in [5, 5.41) is 15.9. The minimum absolute atomic E-state index is 0.312. The third-order valence-electron chi connectivity index (χ3n) is 0.912. The predicted octanol–water partition coefficient (Wildman–Crippen LogP) is 0.829. The number of carbonyl (C=O) groups is 2. The van der Waals surface area contributed by atoms with Crippen LogP contribution in [0.2, 0.25) is 0 Å². The van der Waals surface area contributed by atoms with Gasteiger partial charge in [0.2, 0.25) is 0 Å². The molecule has 0 bridgehead atoms. The lowest BCUT2D eigenvalue weighted by atomic mass is 10.3. The Morgan fingerprint density at radius 3 is 1.83 bits per heavy atom. The first-order valence-electron chi connectivity index (χ1n) is 3.86. The molecule has 72 valence electrons. The summed E-state index contributed by atoms with van der Waals surface area (Å²) >= 11 is 0. The van der Waals surface area contributed by atoms with Crippen molar-refractivity contribution in [1.82, 2.24) is 0 Å². The molecular formula is C8H16O4. The first-order chi connectivity index (χ1) is 5.54. The van der Waals surface area contributed by atoms with E-state index in [0.29, 0.717) is 6.61 Å². The minimum atomic E-state index is -1.06. The maximum Gasteiger partial charge on any atom is 0.310 e. The number of aliphatic hydroxyl groups excluding tert-OH is 1. The average Bonchev–Trinajstić information content (AvgIpc) is 1.87. The van der Waals surface area contributed by atoms with Gasteiger partial charge in [0.05, 0.1) is 0 Å². The van der Waals surface area contributed by atoms with Crippen LogP contribution in [0.4, 0.5) is 0 Å². The summed E-state index contributed by atoms with van der Waals surface area (Å²) < 4.78 is 0. The fourth-order valence-corrected chi connectivity index (χ4v) is 0.371. The summed E-state index contributed by atoms with van der Waals surface area (Å²) in [5.41, 5.74) is 0. The van der Waals surface area contributed by atoms with Crippen LogP contribution in [0, 0.1) is 0 Å². The van der Waals surface area contributed by atoms with Crippen molar-refractivity contribution in [2.75, 3.05) is 6.61 Å². The molecule has 4 nitrogen and oxygen atoms in total. The van der Waals surface area contributed by atoms with Crippen molar-refractivity contribution in [3.05, 3.63) is 0 Å². The third kappa shape index (κ3) is 23.0. The van der Waals surface area contributed by atoms with Crippen molar-refractivity contribution < 1.29 is 19.8 Å². The number of carbonyl (C=O) groups excluding carboxylic acids is 1. The lowest BCUT2D eigenvalue weighted by Crippen LogP contribution is -2.00. The van der Waals surface area contributed by atoms with Crippen LogP contribution in [-0.2, 0) is 9.59 Å². The molecule has 0 saturated heterocycles.